The lowest BCUT2D eigenvalue weighted by Gasteiger charge is -2.36. The van der Waals surface area contributed by atoms with E-state index in [0.717, 1.165) is 32.2 Å². The number of amides is 2. The zero-order valence-electron chi connectivity index (χ0n) is 14.2. The first-order chi connectivity index (χ1) is 10.9. The molecule has 2 rings (SSSR count). The highest BCUT2D eigenvalue weighted by Crippen LogP contribution is 2.21. The van der Waals surface area contributed by atoms with Crippen LogP contribution in [-0.4, -0.2) is 52.9 Å². The van der Waals surface area contributed by atoms with Crippen LogP contribution in [0.15, 0.2) is 18.2 Å². The van der Waals surface area contributed by atoms with Crippen molar-refractivity contribution in [3.05, 3.63) is 29.3 Å². The van der Waals surface area contributed by atoms with Crippen LogP contribution in [0.5, 0.6) is 5.75 Å². The van der Waals surface area contributed by atoms with E-state index in [9.17, 15) is 14.7 Å². The van der Waals surface area contributed by atoms with Gasteiger partial charge < -0.3 is 14.9 Å². The maximum absolute atomic E-state index is 12.5. The van der Waals surface area contributed by atoms with Crippen molar-refractivity contribution < 1.29 is 14.7 Å². The van der Waals surface area contributed by atoms with Crippen molar-refractivity contribution in [3.63, 3.8) is 0 Å². The van der Waals surface area contributed by atoms with E-state index in [0.29, 0.717) is 17.7 Å². The van der Waals surface area contributed by atoms with Crippen LogP contribution in [0.2, 0.25) is 0 Å². The summed E-state index contributed by atoms with van der Waals surface area (Å²) in [6.07, 6.45) is 4.03. The van der Waals surface area contributed by atoms with Gasteiger partial charge in [0.15, 0.2) is 0 Å². The Morgan fingerprint density at radius 2 is 2.09 bits per heavy atom. The number of hydrogen-bond donors (Lipinski definition) is 1. The third-order valence-corrected chi connectivity index (χ3v) is 4.62. The van der Waals surface area contributed by atoms with Gasteiger partial charge in [-0.05, 0) is 56.4 Å². The Morgan fingerprint density at radius 3 is 2.74 bits per heavy atom. The fourth-order valence-electron chi connectivity index (χ4n) is 3.17. The van der Waals surface area contributed by atoms with Crippen LogP contribution in [0.25, 0.3) is 0 Å². The molecular weight excluding hydrogens is 292 g/mol. The number of benzene rings is 1. The Kier molecular flexibility index (Phi) is 5.64. The van der Waals surface area contributed by atoms with E-state index in [1.807, 2.05) is 4.90 Å². The molecule has 23 heavy (non-hydrogen) atoms. The van der Waals surface area contributed by atoms with E-state index in [2.05, 4.69) is 0 Å². The third kappa shape index (κ3) is 4.24. The van der Waals surface area contributed by atoms with Gasteiger partial charge in [0, 0.05) is 38.7 Å². The van der Waals surface area contributed by atoms with Crippen LogP contribution in [0.1, 0.15) is 48.5 Å². The summed E-state index contributed by atoms with van der Waals surface area (Å²) < 4.78 is 0. The molecule has 1 aromatic rings. The van der Waals surface area contributed by atoms with Crippen LogP contribution >= 0.6 is 0 Å². The zero-order chi connectivity index (χ0) is 17.0. The second-order valence-corrected chi connectivity index (χ2v) is 6.38. The van der Waals surface area contributed by atoms with Crippen molar-refractivity contribution >= 4 is 11.8 Å². The third-order valence-electron chi connectivity index (χ3n) is 4.62. The fourth-order valence-corrected chi connectivity index (χ4v) is 3.17. The number of likely N-dealkylation sites (tertiary alicyclic amines) is 1. The summed E-state index contributed by atoms with van der Waals surface area (Å²) >= 11 is 0. The van der Waals surface area contributed by atoms with Gasteiger partial charge in [-0.25, -0.2) is 0 Å². The van der Waals surface area contributed by atoms with Crippen molar-refractivity contribution in [2.45, 2.75) is 45.6 Å². The highest BCUT2D eigenvalue weighted by molar-refractivity contribution is 5.94. The molecule has 0 aliphatic carbocycles. The highest BCUT2D eigenvalue weighted by Gasteiger charge is 2.25. The number of carbonyl (C=O) groups is 2. The highest BCUT2D eigenvalue weighted by atomic mass is 16.3. The SMILES string of the molecule is CC(=O)N1CCCCC1CCN(C)C(=O)c1ccc(O)c(C)c1. The summed E-state index contributed by atoms with van der Waals surface area (Å²) in [6, 6.07) is 5.13. The smallest absolute Gasteiger partial charge is 0.253 e. The average molecular weight is 318 g/mol. The van der Waals surface area contributed by atoms with Gasteiger partial charge in [-0.2, -0.15) is 0 Å². The number of phenolic OH excluding ortho intramolecular Hbond substituents is 1. The molecule has 0 bridgehead atoms. The Hall–Kier alpha value is -2.04. The number of piperidine rings is 1. The first-order valence-corrected chi connectivity index (χ1v) is 8.22. The molecule has 1 atom stereocenters. The van der Waals surface area contributed by atoms with Gasteiger partial charge in [0.1, 0.15) is 5.75 Å². The Balaban J connectivity index is 1.95. The number of rotatable bonds is 4. The first kappa shape index (κ1) is 17.3. The molecule has 1 heterocycles. The lowest BCUT2D eigenvalue weighted by molar-refractivity contribution is -0.132. The maximum Gasteiger partial charge on any atom is 0.253 e. The monoisotopic (exact) mass is 318 g/mol. The van der Waals surface area contributed by atoms with Crippen molar-refractivity contribution in [2.75, 3.05) is 20.1 Å². The molecule has 126 valence electrons. The normalized spacial score (nSPS) is 17.9. The van der Waals surface area contributed by atoms with Crippen LogP contribution in [-0.2, 0) is 4.79 Å². The molecule has 0 radical (unpaired) electrons. The largest absolute Gasteiger partial charge is 0.508 e. The second-order valence-electron chi connectivity index (χ2n) is 6.38. The van der Waals surface area contributed by atoms with E-state index >= 15 is 0 Å². The molecule has 5 nitrogen and oxygen atoms in total. The van der Waals surface area contributed by atoms with Crippen LogP contribution in [0, 0.1) is 6.92 Å². The minimum atomic E-state index is -0.0571. The fraction of sp³-hybridized carbons (Fsp3) is 0.556. The van der Waals surface area contributed by atoms with Crippen molar-refractivity contribution in [3.8, 4) is 5.75 Å². The number of aryl methyl sites for hydroxylation is 1. The molecule has 1 aliphatic rings. The minimum absolute atomic E-state index is 0.0571. The quantitative estimate of drug-likeness (QED) is 0.928. The van der Waals surface area contributed by atoms with E-state index in [1.165, 1.54) is 0 Å². The lowest BCUT2D eigenvalue weighted by atomic mass is 9.99. The molecule has 1 aromatic carbocycles. The summed E-state index contributed by atoms with van der Waals surface area (Å²) in [5.74, 6) is 0.264. The summed E-state index contributed by atoms with van der Waals surface area (Å²) in [5, 5.41) is 9.56. The topological polar surface area (TPSA) is 60.9 Å². The molecule has 1 N–H and O–H groups in total. The summed E-state index contributed by atoms with van der Waals surface area (Å²) in [4.78, 5) is 27.8. The summed E-state index contributed by atoms with van der Waals surface area (Å²) in [5.41, 5.74) is 1.27. The molecule has 1 aliphatic heterocycles. The van der Waals surface area contributed by atoms with Gasteiger partial charge >= 0.3 is 0 Å². The molecule has 0 spiro atoms. The zero-order valence-corrected chi connectivity index (χ0v) is 14.2. The average Bonchev–Trinajstić information content (AvgIpc) is 2.54. The Bertz CT molecular complexity index is 586. The van der Waals surface area contributed by atoms with E-state index < -0.39 is 0 Å². The van der Waals surface area contributed by atoms with Crippen molar-refractivity contribution in [1.82, 2.24) is 9.80 Å². The number of aromatic hydroxyl groups is 1. The minimum Gasteiger partial charge on any atom is -0.508 e. The predicted octanol–water partition coefficient (Wildman–Crippen LogP) is 2.56. The van der Waals surface area contributed by atoms with Crippen LogP contribution < -0.4 is 0 Å². The molecule has 1 fully saturated rings. The number of carbonyl (C=O) groups excluding carboxylic acids is 2. The second kappa shape index (κ2) is 7.49. The molecular formula is C18H26N2O3. The first-order valence-electron chi connectivity index (χ1n) is 8.22. The molecule has 1 saturated heterocycles. The predicted molar refractivity (Wildman–Crippen MR) is 89.4 cm³/mol. The van der Waals surface area contributed by atoms with Gasteiger partial charge in [-0.15, -0.1) is 0 Å². The maximum atomic E-state index is 12.5. The molecule has 5 heteroatoms. The van der Waals surface area contributed by atoms with Gasteiger partial charge in [0.2, 0.25) is 5.91 Å². The Labute approximate surface area is 137 Å². The van der Waals surface area contributed by atoms with Crippen molar-refractivity contribution in [1.29, 1.82) is 0 Å². The molecule has 0 saturated carbocycles. The molecule has 2 amide bonds. The van der Waals surface area contributed by atoms with Crippen LogP contribution in [0.4, 0.5) is 0 Å². The van der Waals surface area contributed by atoms with Crippen molar-refractivity contribution in [2.24, 2.45) is 0 Å². The van der Waals surface area contributed by atoms with E-state index in [-0.39, 0.29) is 23.6 Å². The van der Waals surface area contributed by atoms with Gasteiger partial charge in [-0.3, -0.25) is 9.59 Å². The lowest BCUT2D eigenvalue weighted by Crippen LogP contribution is -2.44. The van der Waals surface area contributed by atoms with Gasteiger partial charge in [-0.1, -0.05) is 0 Å². The summed E-state index contributed by atoms with van der Waals surface area (Å²) in [7, 11) is 1.78. The number of hydrogen-bond acceptors (Lipinski definition) is 3. The molecule has 0 aromatic heterocycles. The number of nitrogens with zero attached hydrogens (tertiary/aromatic N) is 2. The number of phenols is 1. The molecule has 1 unspecified atom stereocenters. The van der Waals surface area contributed by atoms with E-state index in [4.69, 9.17) is 0 Å². The van der Waals surface area contributed by atoms with Gasteiger partial charge in [0.05, 0.1) is 0 Å². The summed E-state index contributed by atoms with van der Waals surface area (Å²) in [6.45, 7) is 4.84. The van der Waals surface area contributed by atoms with Gasteiger partial charge in [0.25, 0.3) is 5.91 Å². The van der Waals surface area contributed by atoms with Crippen LogP contribution in [0.3, 0.4) is 0 Å². The Morgan fingerprint density at radius 1 is 1.35 bits per heavy atom. The van der Waals surface area contributed by atoms with E-state index in [1.54, 1.807) is 44.0 Å². The standard InChI is InChI=1S/C18H26N2O3/c1-13-12-15(7-8-17(13)22)18(23)19(3)11-9-16-6-4-5-10-20(16)14(2)21/h7-8,12,16,22H,4-6,9-11H2,1-3H3.